The van der Waals surface area contributed by atoms with Crippen molar-refractivity contribution in [3.63, 3.8) is 0 Å². The van der Waals surface area contributed by atoms with E-state index in [1.807, 2.05) is 22.7 Å². The first-order chi connectivity index (χ1) is 47.5. The monoisotopic (exact) mass is 1260 g/mol. The highest BCUT2D eigenvalue weighted by Gasteiger charge is 2.27. The number of hydrogen-bond donors (Lipinski definition) is 0. The van der Waals surface area contributed by atoms with Crippen molar-refractivity contribution in [2.75, 3.05) is 19.6 Å². The van der Waals surface area contributed by atoms with Crippen molar-refractivity contribution in [1.82, 2.24) is 0 Å². The topological polar surface area (TPSA) is 13.0 Å². The van der Waals surface area contributed by atoms with Gasteiger partial charge >= 0.3 is 0 Å². The molecule has 454 valence electrons. The Morgan fingerprint density at radius 3 is 0.760 bits per heavy atom. The molecule has 0 saturated carbocycles. The summed E-state index contributed by atoms with van der Waals surface area (Å²) in [5.74, 6) is 0. The van der Waals surface area contributed by atoms with E-state index in [-0.39, 0.29) is 0 Å². The maximum Gasteiger partial charge on any atom is 0.0554 e. The lowest BCUT2D eigenvalue weighted by atomic mass is 9.96. The Bertz CT molecular complexity index is 5980. The van der Waals surface area contributed by atoms with E-state index >= 15 is 0 Å². The van der Waals surface area contributed by atoms with Crippen LogP contribution in [0.25, 0.3) is 94.6 Å². The third kappa shape index (κ3) is 9.55. The summed E-state index contributed by atoms with van der Waals surface area (Å²) in [5, 5.41) is 14.9. The largest absolute Gasteiger partial charge is 0.310 e. The molecule has 0 aliphatic carbocycles. The molecule has 0 radical (unpaired) electrons. The Morgan fingerprint density at radius 2 is 0.427 bits per heavy atom. The fourth-order valence-electron chi connectivity index (χ4n) is 14.9. The van der Waals surface area contributed by atoms with Gasteiger partial charge in [-0.1, -0.05) is 231 Å². The van der Waals surface area contributed by atoms with Gasteiger partial charge < -0.3 is 19.6 Å². The van der Waals surface area contributed by atoms with Crippen molar-refractivity contribution in [3.8, 4) is 11.1 Å². The quantitative estimate of drug-likeness (QED) is 0.114. The Kier molecular flexibility index (Phi) is 14.0. The first kappa shape index (κ1) is 56.9. The predicted molar refractivity (Wildman–Crippen MR) is 416 cm³/mol. The number of aryl methyl sites for hydroxylation is 2. The molecule has 0 aliphatic heterocycles. The Hall–Kier alpha value is -11.8. The first-order valence-corrected chi connectivity index (χ1v) is 34.4. The van der Waals surface area contributed by atoms with Crippen LogP contribution in [0, 0.1) is 13.8 Å². The van der Waals surface area contributed by atoms with Crippen molar-refractivity contribution >= 4 is 174 Å². The van der Waals surface area contributed by atoms with Crippen LogP contribution in [0.5, 0.6) is 0 Å². The van der Waals surface area contributed by atoms with Gasteiger partial charge in [0.05, 0.1) is 22.7 Å². The number of anilines is 12. The maximum absolute atomic E-state index is 2.50. The van der Waals surface area contributed by atoms with Crippen LogP contribution in [-0.2, 0) is 0 Å². The minimum atomic E-state index is 1.07. The molecule has 0 N–H and O–H groups in total. The van der Waals surface area contributed by atoms with Gasteiger partial charge in [-0.15, -0.1) is 22.7 Å². The van der Waals surface area contributed by atoms with E-state index in [0.717, 1.165) is 79.4 Å². The molecule has 6 heteroatoms. The van der Waals surface area contributed by atoms with E-state index in [1.165, 1.54) is 94.6 Å². The third-order valence-electron chi connectivity index (χ3n) is 19.2. The molecule has 16 aromatic carbocycles. The van der Waals surface area contributed by atoms with Crippen molar-refractivity contribution in [2.45, 2.75) is 13.8 Å². The second kappa shape index (κ2) is 23.6. The van der Waals surface area contributed by atoms with Gasteiger partial charge in [-0.25, -0.2) is 0 Å². The molecule has 0 fully saturated rings. The summed E-state index contributed by atoms with van der Waals surface area (Å²) >= 11 is 3.77. The van der Waals surface area contributed by atoms with E-state index in [1.54, 1.807) is 0 Å². The highest BCUT2D eigenvalue weighted by Crippen LogP contribution is 2.54. The van der Waals surface area contributed by atoms with Crippen molar-refractivity contribution in [1.29, 1.82) is 0 Å². The lowest BCUT2D eigenvalue weighted by molar-refractivity contribution is 1.26. The van der Waals surface area contributed by atoms with Crippen LogP contribution in [0.4, 0.5) is 68.2 Å². The smallest absolute Gasteiger partial charge is 0.0554 e. The van der Waals surface area contributed by atoms with E-state index in [0.29, 0.717) is 0 Å². The molecular formula is C90H62N4S2. The van der Waals surface area contributed by atoms with Gasteiger partial charge in [0.25, 0.3) is 0 Å². The van der Waals surface area contributed by atoms with E-state index < -0.39 is 0 Å². The standard InChI is InChI=1S/C90H62N4S2/c1-59-29-15-25-51-77(59)93(66-39-13-6-14-40-66)81-57-85-89(75-49-23-19-45-71(75)81)90-76-50-24-20-46-72(76)82(58-86(90)96-85)94(78-52-26-16-30-60(78)2)68-42-28-32-62(54-68)61-31-27-41-67(53-61)92(65-37-11-5-12-38-65)80-56-84-88(74-48-22-18-44-70(74)80)87-73-47-21-17-43-69(73)79(55-83(87)95-84)91(63-33-7-3-8-34-63)64-35-9-4-10-36-64/h3-58H,1-2H3. The van der Waals surface area contributed by atoms with E-state index in [2.05, 4.69) is 373 Å². The number of thiophene rings is 2. The second-order valence-electron chi connectivity index (χ2n) is 24.8. The highest BCUT2D eigenvalue weighted by molar-refractivity contribution is 7.26. The minimum Gasteiger partial charge on any atom is -0.310 e. The lowest BCUT2D eigenvalue weighted by Crippen LogP contribution is -2.12. The minimum absolute atomic E-state index is 1.07. The van der Waals surface area contributed by atoms with Crippen LogP contribution in [-0.4, -0.2) is 0 Å². The molecule has 0 unspecified atom stereocenters. The molecule has 0 atom stereocenters. The summed E-state index contributed by atoms with van der Waals surface area (Å²) < 4.78 is 4.97. The van der Waals surface area contributed by atoms with Gasteiger partial charge in [-0.2, -0.15) is 0 Å². The SMILES string of the molecule is Cc1ccccc1N(c1ccccc1)c1cc2sc3cc(N(c4cccc(-c5cccc(N(c6ccccc6)c6cc7sc8cc(N(c9ccccc9)c9ccccc9)c9ccccc9c8c7c7ccccc67)c5)c4)c4ccccc4C)c4ccccc4c3c2c2ccccc12. The van der Waals surface area contributed by atoms with Crippen LogP contribution in [0.2, 0.25) is 0 Å². The Balaban J connectivity index is 0.791. The molecule has 18 aromatic rings. The molecule has 0 amide bonds. The molecule has 2 aromatic heterocycles. The molecule has 2 heterocycles. The molecule has 96 heavy (non-hydrogen) atoms. The zero-order valence-electron chi connectivity index (χ0n) is 52.9. The number of fused-ring (bicyclic) bond motifs is 14. The average molecular weight is 1260 g/mol. The number of benzene rings is 16. The van der Waals surface area contributed by atoms with E-state index in [9.17, 15) is 0 Å². The number of nitrogens with zero attached hydrogens (tertiary/aromatic N) is 4. The molecule has 0 spiro atoms. The summed E-state index contributed by atoms with van der Waals surface area (Å²) in [6, 6.07) is 125. The molecule has 18 rings (SSSR count). The first-order valence-electron chi connectivity index (χ1n) is 32.8. The van der Waals surface area contributed by atoms with Crippen LogP contribution in [0.15, 0.2) is 340 Å². The van der Waals surface area contributed by atoms with Crippen molar-refractivity contribution < 1.29 is 0 Å². The predicted octanol–water partition coefficient (Wildman–Crippen LogP) is 27.2. The van der Waals surface area contributed by atoms with Crippen LogP contribution in [0.1, 0.15) is 11.1 Å². The third-order valence-corrected chi connectivity index (χ3v) is 21.3. The zero-order chi connectivity index (χ0) is 63.8. The van der Waals surface area contributed by atoms with Crippen LogP contribution >= 0.6 is 22.7 Å². The highest BCUT2D eigenvalue weighted by atomic mass is 32.1. The van der Waals surface area contributed by atoms with Crippen LogP contribution < -0.4 is 19.6 Å². The molecule has 0 saturated heterocycles. The fraction of sp³-hybridized carbons (Fsp3) is 0.0222. The van der Waals surface area contributed by atoms with Crippen LogP contribution in [0.3, 0.4) is 0 Å². The summed E-state index contributed by atoms with van der Waals surface area (Å²) in [6.45, 7) is 4.45. The van der Waals surface area contributed by atoms with Crippen molar-refractivity contribution in [3.05, 3.63) is 351 Å². The summed E-state index contributed by atoms with van der Waals surface area (Å²) in [5.41, 5.74) is 18.1. The normalized spacial score (nSPS) is 11.6. The second-order valence-corrected chi connectivity index (χ2v) is 27.0. The van der Waals surface area contributed by atoms with Gasteiger partial charge in [0.1, 0.15) is 0 Å². The van der Waals surface area contributed by atoms with Gasteiger partial charge in [-0.3, -0.25) is 0 Å². The summed E-state index contributed by atoms with van der Waals surface area (Å²) in [7, 11) is 0. The number of para-hydroxylation sites is 6. The average Bonchev–Trinajstić information content (AvgIpc) is 1.53. The van der Waals surface area contributed by atoms with E-state index in [4.69, 9.17) is 0 Å². The molecule has 0 aliphatic rings. The maximum atomic E-state index is 2.50. The van der Waals surface area contributed by atoms with Gasteiger partial charge in [0, 0.05) is 107 Å². The molecule has 4 nitrogen and oxygen atoms in total. The van der Waals surface area contributed by atoms with Crippen molar-refractivity contribution in [2.24, 2.45) is 0 Å². The number of rotatable bonds is 13. The Morgan fingerprint density at radius 1 is 0.188 bits per heavy atom. The lowest BCUT2D eigenvalue weighted by Gasteiger charge is -2.29. The summed E-state index contributed by atoms with van der Waals surface area (Å²) in [4.78, 5) is 9.83. The molecular weight excluding hydrogens is 1200 g/mol. The number of hydrogen-bond acceptors (Lipinski definition) is 6. The van der Waals surface area contributed by atoms with Gasteiger partial charge in [0.2, 0.25) is 0 Å². The Labute approximate surface area is 565 Å². The fourth-order valence-corrected chi connectivity index (χ4v) is 17.3. The van der Waals surface area contributed by atoms with Gasteiger partial charge in [0.15, 0.2) is 0 Å². The summed E-state index contributed by atoms with van der Waals surface area (Å²) in [6.07, 6.45) is 0. The van der Waals surface area contributed by atoms with Gasteiger partial charge in [-0.05, 0) is 167 Å². The zero-order valence-corrected chi connectivity index (χ0v) is 54.6. The molecule has 0 bridgehead atoms.